The molecule has 2 rings (SSSR count). The van der Waals surface area contributed by atoms with Gasteiger partial charge in [0.2, 0.25) is 5.91 Å². The molecule has 0 bridgehead atoms. The summed E-state index contributed by atoms with van der Waals surface area (Å²) in [5.41, 5.74) is 3.40. The average molecular weight is 375 g/mol. The Labute approximate surface area is 156 Å². The van der Waals surface area contributed by atoms with Gasteiger partial charge in [-0.15, -0.1) is 11.8 Å². The number of benzene rings is 2. The second-order valence-corrected chi connectivity index (χ2v) is 6.62. The van der Waals surface area contributed by atoms with E-state index in [9.17, 15) is 4.79 Å². The van der Waals surface area contributed by atoms with Gasteiger partial charge < -0.3 is 4.74 Å². The number of carbonyl (C=O) groups excluding carboxylic acids is 1. The monoisotopic (exact) mass is 374 g/mol. The molecule has 2 aromatic rings. The van der Waals surface area contributed by atoms with Gasteiger partial charge in [-0.3, -0.25) is 4.79 Å². The van der Waals surface area contributed by atoms with Gasteiger partial charge in [0.15, 0.2) is 0 Å². The number of amides is 1. The van der Waals surface area contributed by atoms with E-state index in [-0.39, 0.29) is 5.91 Å². The maximum atomic E-state index is 11.8. The number of hydrogen-bond donors (Lipinski definition) is 1. The van der Waals surface area contributed by atoms with Crippen LogP contribution in [0.15, 0.2) is 71.2 Å². The van der Waals surface area contributed by atoms with E-state index in [4.69, 9.17) is 16.3 Å². The Morgan fingerprint density at radius 2 is 1.92 bits per heavy atom. The number of hydrogen-bond acceptors (Lipinski definition) is 4. The summed E-state index contributed by atoms with van der Waals surface area (Å²) in [5, 5.41) is 4.67. The van der Waals surface area contributed by atoms with Crippen molar-refractivity contribution in [3.63, 3.8) is 0 Å². The van der Waals surface area contributed by atoms with Gasteiger partial charge in [-0.05, 0) is 54.1 Å². The molecule has 6 heteroatoms. The Morgan fingerprint density at radius 1 is 1.20 bits per heavy atom. The van der Waals surface area contributed by atoms with Crippen LogP contribution in [-0.4, -0.2) is 24.5 Å². The predicted octanol–water partition coefficient (Wildman–Crippen LogP) is 4.54. The van der Waals surface area contributed by atoms with Gasteiger partial charge in [0.1, 0.15) is 12.4 Å². The third-order valence-corrected chi connectivity index (χ3v) is 4.33. The molecule has 1 amide bonds. The van der Waals surface area contributed by atoms with Crippen LogP contribution in [0.1, 0.15) is 12.0 Å². The van der Waals surface area contributed by atoms with Crippen LogP contribution in [0.4, 0.5) is 0 Å². The van der Waals surface area contributed by atoms with Crippen LogP contribution in [0, 0.1) is 0 Å². The van der Waals surface area contributed by atoms with Crippen molar-refractivity contribution in [2.75, 3.05) is 12.4 Å². The molecule has 25 heavy (non-hydrogen) atoms. The van der Waals surface area contributed by atoms with Gasteiger partial charge in [0.25, 0.3) is 0 Å². The van der Waals surface area contributed by atoms with Crippen molar-refractivity contribution >= 4 is 35.5 Å². The van der Waals surface area contributed by atoms with Crippen molar-refractivity contribution in [2.24, 2.45) is 5.10 Å². The van der Waals surface area contributed by atoms with E-state index in [1.54, 1.807) is 24.1 Å². The Morgan fingerprint density at radius 3 is 2.60 bits per heavy atom. The maximum absolute atomic E-state index is 11.8. The highest BCUT2D eigenvalue weighted by Gasteiger charge is 2.01. The van der Waals surface area contributed by atoms with Gasteiger partial charge in [0, 0.05) is 22.1 Å². The summed E-state index contributed by atoms with van der Waals surface area (Å²) in [4.78, 5) is 12.8. The third-order valence-electron chi connectivity index (χ3n) is 3.06. The van der Waals surface area contributed by atoms with Crippen LogP contribution in [-0.2, 0) is 4.79 Å². The largest absolute Gasteiger partial charge is 0.490 e. The summed E-state index contributed by atoms with van der Waals surface area (Å²) in [5.74, 6) is 1.32. The fraction of sp³-hybridized carbons (Fsp3) is 0.158. The fourth-order valence-corrected chi connectivity index (χ4v) is 2.81. The Hall–Kier alpha value is -2.24. The second-order valence-electron chi connectivity index (χ2n) is 5.01. The van der Waals surface area contributed by atoms with Crippen molar-refractivity contribution in [3.05, 3.63) is 71.8 Å². The molecule has 0 unspecified atom stereocenters. The SMILES string of the molecule is C=CCOc1ccc(/C=N\NC(=O)CCSc2ccc(Cl)cc2)cc1. The molecule has 0 atom stereocenters. The van der Waals surface area contributed by atoms with Gasteiger partial charge in [-0.25, -0.2) is 5.43 Å². The zero-order valence-corrected chi connectivity index (χ0v) is 15.2. The van der Waals surface area contributed by atoms with Crippen LogP contribution >= 0.6 is 23.4 Å². The number of carbonyl (C=O) groups is 1. The number of hydrazone groups is 1. The first kappa shape index (κ1) is 19.1. The lowest BCUT2D eigenvalue weighted by Crippen LogP contribution is -2.17. The van der Waals surface area contributed by atoms with Crippen LogP contribution < -0.4 is 10.2 Å². The van der Waals surface area contributed by atoms with Crippen LogP contribution in [0.3, 0.4) is 0 Å². The normalized spacial score (nSPS) is 10.6. The molecule has 130 valence electrons. The van der Waals surface area contributed by atoms with Crippen molar-refractivity contribution in [1.82, 2.24) is 5.43 Å². The molecule has 0 saturated carbocycles. The summed E-state index contributed by atoms with van der Waals surface area (Å²) in [6, 6.07) is 15.0. The molecule has 0 aliphatic rings. The molecule has 4 nitrogen and oxygen atoms in total. The van der Waals surface area contributed by atoms with Crippen molar-refractivity contribution in [3.8, 4) is 5.75 Å². The smallest absolute Gasteiger partial charge is 0.240 e. The summed E-state index contributed by atoms with van der Waals surface area (Å²) in [6.45, 7) is 4.07. The van der Waals surface area contributed by atoms with E-state index in [1.807, 2.05) is 48.5 Å². The summed E-state index contributed by atoms with van der Waals surface area (Å²) in [6.07, 6.45) is 3.68. The first-order valence-corrected chi connectivity index (χ1v) is 9.08. The highest BCUT2D eigenvalue weighted by atomic mass is 35.5. The predicted molar refractivity (Wildman–Crippen MR) is 105 cm³/mol. The minimum Gasteiger partial charge on any atom is -0.490 e. The third kappa shape index (κ3) is 7.45. The van der Waals surface area contributed by atoms with E-state index in [1.165, 1.54) is 0 Å². The van der Waals surface area contributed by atoms with Crippen molar-refractivity contribution < 1.29 is 9.53 Å². The Balaban J connectivity index is 1.69. The first-order chi connectivity index (χ1) is 12.2. The zero-order valence-electron chi connectivity index (χ0n) is 13.7. The highest BCUT2D eigenvalue weighted by molar-refractivity contribution is 7.99. The molecule has 0 radical (unpaired) electrons. The molecule has 0 spiro atoms. The van der Waals surface area contributed by atoms with Crippen LogP contribution in [0.25, 0.3) is 0 Å². The van der Waals surface area contributed by atoms with E-state index in [2.05, 4.69) is 17.1 Å². The molecule has 0 heterocycles. The van der Waals surface area contributed by atoms with Gasteiger partial charge >= 0.3 is 0 Å². The molecule has 0 fully saturated rings. The summed E-state index contributed by atoms with van der Waals surface area (Å²) < 4.78 is 5.40. The molecule has 1 N–H and O–H groups in total. The lowest BCUT2D eigenvalue weighted by Gasteiger charge is -2.03. The van der Waals surface area contributed by atoms with Gasteiger partial charge in [0.05, 0.1) is 6.21 Å². The topological polar surface area (TPSA) is 50.7 Å². The van der Waals surface area contributed by atoms with Crippen molar-refractivity contribution in [1.29, 1.82) is 0 Å². The summed E-state index contributed by atoms with van der Waals surface area (Å²) >= 11 is 7.44. The first-order valence-electron chi connectivity index (χ1n) is 7.71. The fourth-order valence-electron chi connectivity index (χ4n) is 1.83. The van der Waals surface area contributed by atoms with Gasteiger partial charge in [-0.1, -0.05) is 24.3 Å². The molecule has 0 aliphatic carbocycles. The lowest BCUT2D eigenvalue weighted by molar-refractivity contribution is -0.120. The quantitative estimate of drug-likeness (QED) is 0.303. The van der Waals surface area contributed by atoms with Gasteiger partial charge in [-0.2, -0.15) is 5.10 Å². The minimum atomic E-state index is -0.122. The lowest BCUT2D eigenvalue weighted by atomic mass is 10.2. The van der Waals surface area contributed by atoms with E-state index >= 15 is 0 Å². The number of rotatable bonds is 9. The van der Waals surface area contributed by atoms with E-state index < -0.39 is 0 Å². The highest BCUT2D eigenvalue weighted by Crippen LogP contribution is 2.20. The molecule has 0 aromatic heterocycles. The minimum absolute atomic E-state index is 0.122. The van der Waals surface area contributed by atoms with E-state index in [0.29, 0.717) is 23.8 Å². The standard InChI is InChI=1S/C19H19ClN2O2S/c1-2-12-24-17-7-3-15(4-8-17)14-21-22-19(23)11-13-25-18-9-5-16(20)6-10-18/h2-10,14H,1,11-13H2,(H,22,23)/b21-14-. The number of nitrogens with zero attached hydrogens (tertiary/aromatic N) is 1. The molecule has 2 aromatic carbocycles. The average Bonchev–Trinajstić information content (AvgIpc) is 2.63. The van der Waals surface area contributed by atoms with Crippen LogP contribution in [0.5, 0.6) is 5.75 Å². The molecule has 0 saturated heterocycles. The number of thioether (sulfide) groups is 1. The number of nitrogens with one attached hydrogen (secondary N) is 1. The van der Waals surface area contributed by atoms with E-state index in [0.717, 1.165) is 16.2 Å². The maximum Gasteiger partial charge on any atom is 0.240 e. The van der Waals surface area contributed by atoms with Crippen molar-refractivity contribution in [2.45, 2.75) is 11.3 Å². The summed E-state index contributed by atoms with van der Waals surface area (Å²) in [7, 11) is 0. The number of ether oxygens (including phenoxy) is 1. The zero-order chi connectivity index (χ0) is 17.9. The Bertz CT molecular complexity index is 715. The van der Waals surface area contributed by atoms with Crippen LogP contribution in [0.2, 0.25) is 5.02 Å². The molecule has 0 aliphatic heterocycles. The molecular formula is C19H19ClN2O2S. The number of halogens is 1. The molecular weight excluding hydrogens is 356 g/mol. The second kappa shape index (κ2) is 10.6. The Kier molecular flexibility index (Phi) is 8.09.